The van der Waals surface area contributed by atoms with E-state index >= 15 is 0 Å². The van der Waals surface area contributed by atoms with E-state index in [1.807, 2.05) is 0 Å². The van der Waals surface area contributed by atoms with Gasteiger partial charge in [0.05, 0.1) is 7.11 Å². The molecule has 0 aliphatic carbocycles. The van der Waals surface area contributed by atoms with Crippen molar-refractivity contribution in [3.05, 3.63) is 0 Å². The van der Waals surface area contributed by atoms with Crippen LogP contribution in [0.1, 0.15) is 25.7 Å². The van der Waals surface area contributed by atoms with Gasteiger partial charge in [0.15, 0.2) is 5.96 Å². The van der Waals surface area contributed by atoms with Crippen molar-refractivity contribution in [2.45, 2.75) is 25.7 Å². The normalized spacial score (nSPS) is 11.2. The lowest BCUT2D eigenvalue weighted by Crippen LogP contribution is -2.38. The molecule has 0 spiro atoms. The number of thioether (sulfide) groups is 1. The number of carbonyl (C=O) groups excluding carboxylic acids is 1. The lowest BCUT2D eigenvalue weighted by Gasteiger charge is -2.11. The lowest BCUT2D eigenvalue weighted by molar-refractivity contribution is -0.140. The Morgan fingerprint density at radius 1 is 1.22 bits per heavy atom. The van der Waals surface area contributed by atoms with Crippen molar-refractivity contribution in [3.8, 4) is 0 Å². The van der Waals surface area contributed by atoms with Gasteiger partial charge in [-0.05, 0) is 19.1 Å². The molecule has 0 saturated heterocycles. The molecule has 0 amide bonds. The Balaban J connectivity index is 3.43. The Kier molecular flexibility index (Phi) is 11.9. The van der Waals surface area contributed by atoms with Gasteiger partial charge in [-0.2, -0.15) is 11.8 Å². The molecule has 0 unspecified atom stereocenters. The van der Waals surface area contributed by atoms with Gasteiger partial charge in [-0.1, -0.05) is 6.42 Å². The second kappa shape index (κ2) is 12.5. The molecule has 0 heterocycles. The summed E-state index contributed by atoms with van der Waals surface area (Å²) in [6, 6.07) is 0. The third-order valence-corrected chi connectivity index (χ3v) is 3.01. The smallest absolute Gasteiger partial charge is 0.305 e. The molecule has 0 aliphatic rings. The Morgan fingerprint density at radius 2 is 1.94 bits per heavy atom. The summed E-state index contributed by atoms with van der Waals surface area (Å²) in [7, 11) is 3.19. The second-order valence-corrected chi connectivity index (χ2v) is 4.79. The van der Waals surface area contributed by atoms with Crippen LogP contribution in [-0.2, 0) is 9.53 Å². The van der Waals surface area contributed by atoms with Crippen molar-refractivity contribution in [2.24, 2.45) is 4.99 Å². The molecular formula is C12H25N3O2S. The highest BCUT2D eigenvalue weighted by molar-refractivity contribution is 7.98. The fourth-order valence-corrected chi connectivity index (χ4v) is 1.68. The van der Waals surface area contributed by atoms with Gasteiger partial charge in [0, 0.05) is 32.3 Å². The molecule has 2 N–H and O–H groups in total. The van der Waals surface area contributed by atoms with E-state index in [9.17, 15) is 4.79 Å². The molecule has 0 fully saturated rings. The molecule has 0 saturated carbocycles. The van der Waals surface area contributed by atoms with Crippen molar-refractivity contribution >= 4 is 23.7 Å². The van der Waals surface area contributed by atoms with Gasteiger partial charge >= 0.3 is 5.97 Å². The van der Waals surface area contributed by atoms with Gasteiger partial charge in [0.1, 0.15) is 0 Å². The van der Waals surface area contributed by atoms with E-state index in [0.717, 1.165) is 44.1 Å². The number of hydrogen-bond donors (Lipinski definition) is 2. The average molecular weight is 275 g/mol. The quantitative estimate of drug-likeness (QED) is 0.287. The first-order chi connectivity index (χ1) is 8.74. The minimum Gasteiger partial charge on any atom is -0.469 e. The fourth-order valence-electron chi connectivity index (χ4n) is 1.37. The van der Waals surface area contributed by atoms with E-state index in [-0.39, 0.29) is 5.97 Å². The van der Waals surface area contributed by atoms with Crippen molar-refractivity contribution < 1.29 is 9.53 Å². The zero-order valence-electron chi connectivity index (χ0n) is 11.6. The molecule has 6 heteroatoms. The number of hydrogen-bond acceptors (Lipinski definition) is 4. The first-order valence-electron chi connectivity index (χ1n) is 6.24. The Labute approximate surface area is 114 Å². The summed E-state index contributed by atoms with van der Waals surface area (Å²) in [6.45, 7) is 1.79. The predicted octanol–water partition coefficient (Wildman–Crippen LogP) is 1.25. The maximum Gasteiger partial charge on any atom is 0.305 e. The first-order valence-corrected chi connectivity index (χ1v) is 7.64. The molecule has 18 heavy (non-hydrogen) atoms. The summed E-state index contributed by atoms with van der Waals surface area (Å²) >= 11 is 1.80. The van der Waals surface area contributed by atoms with E-state index in [0.29, 0.717) is 6.42 Å². The topological polar surface area (TPSA) is 62.7 Å². The predicted molar refractivity (Wildman–Crippen MR) is 78.2 cm³/mol. The van der Waals surface area contributed by atoms with Crippen LogP contribution in [-0.4, -0.2) is 51.2 Å². The maximum atomic E-state index is 10.9. The van der Waals surface area contributed by atoms with Crippen LogP contribution in [0.25, 0.3) is 0 Å². The van der Waals surface area contributed by atoms with Crippen LogP contribution < -0.4 is 10.6 Å². The molecule has 0 rings (SSSR count). The largest absolute Gasteiger partial charge is 0.469 e. The molecule has 0 aromatic carbocycles. The fraction of sp³-hybridized carbons (Fsp3) is 0.833. The van der Waals surface area contributed by atoms with Crippen molar-refractivity contribution in [1.29, 1.82) is 0 Å². The number of unbranched alkanes of at least 4 members (excludes halogenated alkanes) is 2. The van der Waals surface area contributed by atoms with Crippen LogP contribution in [0.5, 0.6) is 0 Å². The second-order valence-electron chi connectivity index (χ2n) is 3.81. The van der Waals surface area contributed by atoms with Crippen LogP contribution in [0.3, 0.4) is 0 Å². The highest BCUT2D eigenvalue weighted by Crippen LogP contribution is 1.99. The van der Waals surface area contributed by atoms with Gasteiger partial charge in [0.2, 0.25) is 0 Å². The highest BCUT2D eigenvalue weighted by Gasteiger charge is 1.99. The Hall–Kier alpha value is -0.910. The number of esters is 1. The first kappa shape index (κ1) is 17.1. The van der Waals surface area contributed by atoms with Crippen LogP contribution in [0.15, 0.2) is 4.99 Å². The standard InChI is InChI=1S/C12H25N3O2S/c1-13-12(15-9-10-18-3)14-8-6-4-5-7-11(16)17-2/h4-10H2,1-3H3,(H2,13,14,15). The third-order valence-electron chi connectivity index (χ3n) is 2.40. The summed E-state index contributed by atoms with van der Waals surface area (Å²) < 4.78 is 4.58. The Morgan fingerprint density at radius 3 is 2.56 bits per heavy atom. The molecule has 0 bridgehead atoms. The molecule has 0 aromatic heterocycles. The number of methoxy groups -OCH3 is 1. The van der Waals surface area contributed by atoms with Gasteiger partial charge in [0.25, 0.3) is 0 Å². The van der Waals surface area contributed by atoms with Crippen molar-refractivity contribution in [1.82, 2.24) is 10.6 Å². The number of nitrogens with zero attached hydrogens (tertiary/aromatic N) is 1. The number of ether oxygens (including phenoxy) is 1. The molecule has 0 radical (unpaired) electrons. The lowest BCUT2D eigenvalue weighted by atomic mass is 10.2. The number of aliphatic imine (C=N–C) groups is 1. The monoisotopic (exact) mass is 275 g/mol. The zero-order chi connectivity index (χ0) is 13.6. The van der Waals surface area contributed by atoms with Crippen LogP contribution in [0.4, 0.5) is 0 Å². The summed E-state index contributed by atoms with van der Waals surface area (Å²) in [4.78, 5) is 15.0. The highest BCUT2D eigenvalue weighted by atomic mass is 32.2. The summed E-state index contributed by atoms with van der Waals surface area (Å²) in [5.41, 5.74) is 0. The number of rotatable bonds is 9. The Bertz CT molecular complexity index is 247. The van der Waals surface area contributed by atoms with E-state index in [1.54, 1.807) is 18.8 Å². The number of nitrogens with one attached hydrogen (secondary N) is 2. The minimum absolute atomic E-state index is 0.127. The number of guanidine groups is 1. The van der Waals surface area contributed by atoms with Crippen molar-refractivity contribution in [3.63, 3.8) is 0 Å². The SMILES string of the molecule is CN=C(NCCCCCC(=O)OC)NCCSC. The van der Waals surface area contributed by atoms with Gasteiger partial charge in [-0.25, -0.2) is 0 Å². The van der Waals surface area contributed by atoms with Crippen molar-refractivity contribution in [2.75, 3.05) is 39.3 Å². The summed E-state index contributed by atoms with van der Waals surface area (Å²) in [5.74, 6) is 1.79. The van der Waals surface area contributed by atoms with Gasteiger partial charge in [-0.3, -0.25) is 9.79 Å². The van der Waals surface area contributed by atoms with E-state index < -0.39 is 0 Å². The van der Waals surface area contributed by atoms with E-state index in [4.69, 9.17) is 0 Å². The van der Waals surface area contributed by atoms with Crippen LogP contribution >= 0.6 is 11.8 Å². The average Bonchev–Trinajstić information content (AvgIpc) is 2.40. The molecular weight excluding hydrogens is 250 g/mol. The summed E-state index contributed by atoms with van der Waals surface area (Å²) in [5, 5.41) is 6.48. The molecule has 0 aliphatic heterocycles. The van der Waals surface area contributed by atoms with Gasteiger partial charge in [-0.15, -0.1) is 0 Å². The molecule has 0 atom stereocenters. The number of carbonyl (C=O) groups is 1. The third kappa shape index (κ3) is 10.3. The summed E-state index contributed by atoms with van der Waals surface area (Å²) in [6.07, 6.45) is 5.52. The molecule has 5 nitrogen and oxygen atoms in total. The van der Waals surface area contributed by atoms with Crippen LogP contribution in [0, 0.1) is 0 Å². The van der Waals surface area contributed by atoms with E-state index in [1.165, 1.54) is 7.11 Å². The molecule has 0 aromatic rings. The van der Waals surface area contributed by atoms with E-state index in [2.05, 4.69) is 26.6 Å². The molecule has 106 valence electrons. The maximum absolute atomic E-state index is 10.9. The van der Waals surface area contributed by atoms with Gasteiger partial charge < -0.3 is 15.4 Å². The minimum atomic E-state index is -0.127. The van der Waals surface area contributed by atoms with Crippen LogP contribution in [0.2, 0.25) is 0 Å². The zero-order valence-corrected chi connectivity index (χ0v) is 12.4.